The average molecular weight is 645 g/mol. The van der Waals surface area contributed by atoms with Crippen LogP contribution in [0.4, 0.5) is 39.4 Å². The van der Waals surface area contributed by atoms with Gasteiger partial charge in [-0.15, -0.1) is 13.2 Å². The molecule has 0 bridgehead atoms. The number of halogens is 4. The van der Waals surface area contributed by atoms with E-state index in [2.05, 4.69) is 25.2 Å². The average Bonchev–Trinajstić information content (AvgIpc) is 3.61. The molecule has 3 aromatic carbocycles. The fourth-order valence-electron chi connectivity index (χ4n) is 4.24. The van der Waals surface area contributed by atoms with Gasteiger partial charge >= 0.3 is 12.4 Å². The van der Waals surface area contributed by atoms with Crippen LogP contribution in [0.15, 0.2) is 70.2 Å². The van der Waals surface area contributed by atoms with Crippen LogP contribution in [-0.2, 0) is 16.1 Å². The van der Waals surface area contributed by atoms with Gasteiger partial charge in [-0.05, 0) is 54.6 Å². The normalized spacial score (nSPS) is 14.2. The van der Waals surface area contributed by atoms with E-state index in [1.807, 2.05) is 31.1 Å². The van der Waals surface area contributed by atoms with Crippen LogP contribution in [0.3, 0.4) is 0 Å². The van der Waals surface area contributed by atoms with E-state index in [0.29, 0.717) is 16.8 Å². The molecule has 0 radical (unpaired) electrons. The molecule has 2 heterocycles. The monoisotopic (exact) mass is 644 g/mol. The summed E-state index contributed by atoms with van der Waals surface area (Å²) in [7, 11) is 5.24. The first kappa shape index (κ1) is 31.5. The van der Waals surface area contributed by atoms with E-state index in [9.17, 15) is 22.8 Å². The van der Waals surface area contributed by atoms with Crippen LogP contribution in [0.2, 0.25) is 0 Å². The number of carbonyl (C=O) groups is 2. The van der Waals surface area contributed by atoms with E-state index in [0.717, 1.165) is 35.6 Å². The molecule has 3 amide bonds. The molecule has 45 heavy (non-hydrogen) atoms. The van der Waals surface area contributed by atoms with Crippen LogP contribution >= 0.6 is 11.8 Å². The number of rotatable bonds is 8. The van der Waals surface area contributed by atoms with E-state index < -0.39 is 24.0 Å². The van der Waals surface area contributed by atoms with Crippen molar-refractivity contribution in [2.45, 2.75) is 13.0 Å². The fraction of sp³-hybridized carbons (Fsp3) is 0.207. The number of urea groups is 1. The summed E-state index contributed by atoms with van der Waals surface area (Å²) >= 11 is 1.07. The molecule has 0 unspecified atom stereocenters. The lowest BCUT2D eigenvalue weighted by Crippen LogP contribution is -2.31. The van der Waals surface area contributed by atoms with Crippen molar-refractivity contribution in [1.82, 2.24) is 10.1 Å². The molecule has 0 spiro atoms. The summed E-state index contributed by atoms with van der Waals surface area (Å²) in [6.07, 6.45) is -4.83. The number of ether oxygens (including phenoxy) is 2. The van der Waals surface area contributed by atoms with Crippen molar-refractivity contribution in [3.8, 4) is 28.6 Å². The number of amides is 3. The van der Waals surface area contributed by atoms with Crippen LogP contribution in [0, 0.1) is 5.82 Å². The zero-order valence-corrected chi connectivity index (χ0v) is 24.7. The maximum Gasteiger partial charge on any atom is 0.573 e. The van der Waals surface area contributed by atoms with Crippen molar-refractivity contribution in [2.24, 2.45) is 4.99 Å². The van der Waals surface area contributed by atoms with Gasteiger partial charge in [0.2, 0.25) is 11.7 Å². The Morgan fingerprint density at radius 2 is 1.84 bits per heavy atom. The Morgan fingerprint density at radius 3 is 2.51 bits per heavy atom. The maximum absolute atomic E-state index is 15.0. The van der Waals surface area contributed by atoms with Gasteiger partial charge in [0, 0.05) is 43.6 Å². The fourth-order valence-corrected chi connectivity index (χ4v) is 5.10. The van der Waals surface area contributed by atoms with Crippen LogP contribution in [0.1, 0.15) is 5.56 Å². The number of amidine groups is 1. The highest BCUT2D eigenvalue weighted by atomic mass is 32.2. The first-order valence-electron chi connectivity index (χ1n) is 13.1. The third kappa shape index (κ3) is 7.41. The summed E-state index contributed by atoms with van der Waals surface area (Å²) in [5.41, 5.74) is 2.39. The first-order chi connectivity index (χ1) is 21.4. The van der Waals surface area contributed by atoms with E-state index >= 15 is 4.39 Å². The Morgan fingerprint density at radius 1 is 1.11 bits per heavy atom. The number of hydrogen-bond acceptors (Lipinski definition) is 9. The molecule has 1 aliphatic heterocycles. The Kier molecular flexibility index (Phi) is 9.06. The minimum atomic E-state index is -4.83. The van der Waals surface area contributed by atoms with Crippen LogP contribution in [-0.4, -0.2) is 60.6 Å². The molecule has 4 aromatic rings. The Labute approximate surface area is 257 Å². The molecule has 0 atom stereocenters. The molecule has 0 aliphatic carbocycles. The highest BCUT2D eigenvalue weighted by Gasteiger charge is 2.33. The molecule has 1 aliphatic rings. The van der Waals surface area contributed by atoms with Crippen molar-refractivity contribution >= 4 is 45.9 Å². The molecule has 1 aromatic heterocycles. The number of aliphatic imine (C=N–C) groups is 1. The second-order valence-electron chi connectivity index (χ2n) is 9.67. The number of methoxy groups -OCH3 is 1. The number of nitrogens with one attached hydrogen (secondary N) is 1. The first-order valence-corrected chi connectivity index (χ1v) is 14.0. The second-order valence-corrected chi connectivity index (χ2v) is 10.6. The number of thioether (sulfide) groups is 1. The van der Waals surface area contributed by atoms with Gasteiger partial charge in [-0.3, -0.25) is 9.69 Å². The Hall–Kier alpha value is -4.96. The molecule has 234 valence electrons. The Balaban J connectivity index is 1.31. The molecule has 1 saturated heterocycles. The standard InChI is InChI=1S/C29H24F4N6O5S/c1-38(2)19-8-4-18(14-42-3)23(13-19)39-24(40)15-45-28(39)36-27(41)34-22-11-7-17(12-21(22)30)25-35-26(44-37-25)16-5-9-20(10-6-16)43-29(31,32)33/h4-13H,14-15H2,1-3H3,(H,34,41)/b36-28-. The number of nitrogens with zero attached hydrogens (tertiary/aromatic N) is 5. The number of hydrogen-bond donors (Lipinski definition) is 1. The van der Waals surface area contributed by atoms with Gasteiger partial charge in [-0.25, -0.2) is 9.18 Å². The number of carbonyl (C=O) groups excluding carboxylic acids is 2. The molecule has 0 saturated carbocycles. The topological polar surface area (TPSA) is 122 Å². The van der Waals surface area contributed by atoms with Crippen molar-refractivity contribution in [3.63, 3.8) is 0 Å². The van der Waals surface area contributed by atoms with Crippen LogP contribution in [0.25, 0.3) is 22.8 Å². The predicted octanol–water partition coefficient (Wildman–Crippen LogP) is 6.32. The van der Waals surface area contributed by atoms with Gasteiger partial charge in [0.05, 0.1) is 23.7 Å². The van der Waals surface area contributed by atoms with Crippen LogP contribution < -0.4 is 19.9 Å². The zero-order chi connectivity index (χ0) is 32.3. The second kappa shape index (κ2) is 13.0. The summed E-state index contributed by atoms with van der Waals surface area (Å²) in [5, 5.41) is 6.31. The summed E-state index contributed by atoms with van der Waals surface area (Å²) < 4.78 is 66.5. The molecule has 11 nitrogen and oxygen atoms in total. The van der Waals surface area contributed by atoms with E-state index in [4.69, 9.17) is 9.26 Å². The number of aromatic nitrogens is 2. The SMILES string of the molecule is COCc1ccc(N(C)C)cc1N1C(=O)CS/C1=N\C(=O)Nc1ccc(-c2noc(-c3ccc(OC(F)(F)F)cc3)n2)cc1F. The van der Waals surface area contributed by atoms with Crippen molar-refractivity contribution in [1.29, 1.82) is 0 Å². The third-order valence-corrected chi connectivity index (χ3v) is 7.24. The van der Waals surface area contributed by atoms with Crippen molar-refractivity contribution in [2.75, 3.05) is 42.1 Å². The summed E-state index contributed by atoms with van der Waals surface area (Å²) in [4.78, 5) is 37.1. The van der Waals surface area contributed by atoms with E-state index in [1.165, 1.54) is 36.3 Å². The molecule has 16 heteroatoms. The van der Waals surface area contributed by atoms with E-state index in [-0.39, 0.29) is 46.4 Å². The minimum Gasteiger partial charge on any atom is -0.406 e. The molecule has 1 N–H and O–H groups in total. The number of alkyl halides is 3. The number of benzene rings is 3. The lowest BCUT2D eigenvalue weighted by Gasteiger charge is -2.22. The molecule has 5 rings (SSSR count). The third-order valence-electron chi connectivity index (χ3n) is 6.32. The largest absolute Gasteiger partial charge is 0.573 e. The lowest BCUT2D eigenvalue weighted by atomic mass is 10.1. The Bertz CT molecular complexity index is 1760. The predicted molar refractivity (Wildman–Crippen MR) is 160 cm³/mol. The summed E-state index contributed by atoms with van der Waals surface area (Å²) in [5.74, 6) is -1.48. The maximum atomic E-state index is 15.0. The molecular weight excluding hydrogens is 620 g/mol. The highest BCUT2D eigenvalue weighted by molar-refractivity contribution is 8.15. The zero-order valence-electron chi connectivity index (χ0n) is 23.9. The smallest absolute Gasteiger partial charge is 0.406 e. The van der Waals surface area contributed by atoms with Crippen LogP contribution in [0.5, 0.6) is 5.75 Å². The highest BCUT2D eigenvalue weighted by Crippen LogP contribution is 2.34. The summed E-state index contributed by atoms with van der Waals surface area (Å²) in [6.45, 7) is 0.222. The van der Waals surface area contributed by atoms with Gasteiger partial charge in [0.1, 0.15) is 11.6 Å². The molecular formula is C29H24F4N6O5S. The van der Waals surface area contributed by atoms with Crippen molar-refractivity contribution < 1.29 is 41.1 Å². The van der Waals surface area contributed by atoms with Gasteiger partial charge < -0.3 is 24.2 Å². The lowest BCUT2D eigenvalue weighted by molar-refractivity contribution is -0.274. The van der Waals surface area contributed by atoms with Gasteiger partial charge in [-0.1, -0.05) is 23.0 Å². The quantitative estimate of drug-likeness (QED) is 0.220. The molecule has 1 fully saturated rings. The summed E-state index contributed by atoms with van der Waals surface area (Å²) in [6, 6.07) is 13.2. The van der Waals surface area contributed by atoms with Crippen molar-refractivity contribution in [3.05, 3.63) is 72.0 Å². The van der Waals surface area contributed by atoms with Gasteiger partial charge in [-0.2, -0.15) is 9.98 Å². The number of anilines is 3. The minimum absolute atomic E-state index is 0.000894. The van der Waals surface area contributed by atoms with Gasteiger partial charge in [0.15, 0.2) is 5.17 Å². The van der Waals surface area contributed by atoms with E-state index in [1.54, 1.807) is 6.07 Å². The van der Waals surface area contributed by atoms with Gasteiger partial charge in [0.25, 0.3) is 5.89 Å².